The van der Waals surface area contributed by atoms with Gasteiger partial charge in [0.15, 0.2) is 0 Å². The molecular weight excluding hydrogens is 376 g/mol. The van der Waals surface area contributed by atoms with Crippen LogP contribution in [0.5, 0.6) is 0 Å². The Labute approximate surface area is 166 Å². The summed E-state index contributed by atoms with van der Waals surface area (Å²) in [5.41, 5.74) is 1.86. The summed E-state index contributed by atoms with van der Waals surface area (Å²) < 4.78 is 27.8. The summed E-state index contributed by atoms with van der Waals surface area (Å²) in [4.78, 5) is 14.0. The van der Waals surface area contributed by atoms with Gasteiger partial charge < -0.3 is 10.0 Å². The molecule has 1 fully saturated rings. The van der Waals surface area contributed by atoms with E-state index in [0.717, 1.165) is 43.6 Å². The second-order valence-corrected chi connectivity index (χ2v) is 8.99. The molecule has 28 heavy (non-hydrogen) atoms. The van der Waals surface area contributed by atoms with Crippen molar-refractivity contribution in [3.63, 3.8) is 0 Å². The second kappa shape index (κ2) is 8.22. The van der Waals surface area contributed by atoms with Crippen LogP contribution in [0.3, 0.4) is 0 Å². The Bertz CT molecular complexity index is 947. The molecule has 1 saturated heterocycles. The third-order valence-electron chi connectivity index (χ3n) is 5.27. The Morgan fingerprint density at radius 1 is 1.14 bits per heavy atom. The number of sulfonamides is 1. The van der Waals surface area contributed by atoms with E-state index in [4.69, 9.17) is 0 Å². The Hall–Kier alpha value is -2.54. The van der Waals surface area contributed by atoms with Gasteiger partial charge in [0.1, 0.15) is 0 Å². The van der Waals surface area contributed by atoms with Crippen LogP contribution >= 0.6 is 0 Å². The number of carbonyl (C=O) groups is 1. The van der Waals surface area contributed by atoms with Crippen LogP contribution in [-0.2, 0) is 16.4 Å². The summed E-state index contributed by atoms with van der Waals surface area (Å²) in [6, 6.07) is 11.4. The van der Waals surface area contributed by atoms with Gasteiger partial charge in [-0.3, -0.25) is 4.72 Å². The maximum absolute atomic E-state index is 12.7. The van der Waals surface area contributed by atoms with Crippen molar-refractivity contribution >= 4 is 27.4 Å². The van der Waals surface area contributed by atoms with E-state index >= 15 is 0 Å². The highest BCUT2D eigenvalue weighted by Gasteiger charge is 2.21. The molecule has 2 aromatic rings. The highest BCUT2D eigenvalue weighted by molar-refractivity contribution is 7.92. The van der Waals surface area contributed by atoms with Gasteiger partial charge in [0, 0.05) is 18.8 Å². The van der Waals surface area contributed by atoms with Crippen molar-refractivity contribution < 1.29 is 18.3 Å². The van der Waals surface area contributed by atoms with Crippen molar-refractivity contribution in [2.45, 2.75) is 38.0 Å². The van der Waals surface area contributed by atoms with E-state index in [0.29, 0.717) is 5.92 Å². The summed E-state index contributed by atoms with van der Waals surface area (Å²) in [5, 5.41) is 9.61. The first-order chi connectivity index (χ1) is 13.3. The number of hydrogen-bond acceptors (Lipinski definition) is 4. The fraction of sp³-hybridized carbons (Fsp3) is 0.381. The predicted octanol–water partition coefficient (Wildman–Crippen LogP) is 3.98. The summed E-state index contributed by atoms with van der Waals surface area (Å²) in [6.45, 7) is 5.94. The van der Waals surface area contributed by atoms with Gasteiger partial charge in [-0.05, 0) is 61.1 Å². The largest absolute Gasteiger partial charge is 0.478 e. The lowest BCUT2D eigenvalue weighted by Gasteiger charge is -2.32. The number of nitrogens with zero attached hydrogens (tertiary/aromatic N) is 1. The molecule has 150 valence electrons. The van der Waals surface area contributed by atoms with E-state index in [2.05, 4.69) is 16.5 Å². The maximum atomic E-state index is 12.7. The van der Waals surface area contributed by atoms with Crippen molar-refractivity contribution in [1.82, 2.24) is 0 Å². The van der Waals surface area contributed by atoms with Crippen molar-refractivity contribution in [2.75, 3.05) is 22.7 Å². The van der Waals surface area contributed by atoms with Crippen molar-refractivity contribution in [3.8, 4) is 0 Å². The van der Waals surface area contributed by atoms with Crippen LogP contribution in [-0.4, -0.2) is 32.6 Å². The zero-order valence-electron chi connectivity index (χ0n) is 16.2. The minimum atomic E-state index is -3.87. The third-order valence-corrected chi connectivity index (χ3v) is 6.65. The van der Waals surface area contributed by atoms with E-state index in [1.807, 2.05) is 6.92 Å². The van der Waals surface area contributed by atoms with Crippen LogP contribution in [0.25, 0.3) is 0 Å². The number of aryl methyl sites for hydroxylation is 1. The molecule has 2 aromatic carbocycles. The van der Waals surface area contributed by atoms with Crippen molar-refractivity contribution in [2.24, 2.45) is 5.92 Å². The normalized spacial score (nSPS) is 15.4. The van der Waals surface area contributed by atoms with E-state index in [-0.39, 0.29) is 16.1 Å². The van der Waals surface area contributed by atoms with E-state index in [9.17, 15) is 18.3 Å². The van der Waals surface area contributed by atoms with Crippen LogP contribution in [0.15, 0.2) is 47.4 Å². The van der Waals surface area contributed by atoms with Crippen LogP contribution < -0.4 is 9.62 Å². The lowest BCUT2D eigenvalue weighted by molar-refractivity contribution is 0.0698. The number of piperidine rings is 1. The maximum Gasteiger partial charge on any atom is 0.337 e. The molecule has 0 aliphatic carbocycles. The van der Waals surface area contributed by atoms with Gasteiger partial charge in [-0.1, -0.05) is 26.0 Å². The summed E-state index contributed by atoms with van der Waals surface area (Å²) in [5.74, 6) is -0.494. The smallest absolute Gasteiger partial charge is 0.337 e. The van der Waals surface area contributed by atoms with Crippen molar-refractivity contribution in [1.29, 1.82) is 0 Å². The van der Waals surface area contributed by atoms with Crippen LogP contribution in [0.4, 0.5) is 11.4 Å². The Balaban J connectivity index is 1.87. The molecule has 1 aliphatic rings. The summed E-state index contributed by atoms with van der Waals surface area (Å²) in [7, 11) is -3.87. The van der Waals surface area contributed by atoms with Crippen LogP contribution in [0.2, 0.25) is 0 Å². The molecule has 1 heterocycles. The minimum Gasteiger partial charge on any atom is -0.478 e. The molecule has 0 spiro atoms. The lowest BCUT2D eigenvalue weighted by Crippen LogP contribution is -2.32. The molecule has 2 N–H and O–H groups in total. The third kappa shape index (κ3) is 4.47. The summed E-state index contributed by atoms with van der Waals surface area (Å²) in [6.07, 6.45) is 2.93. The first kappa shape index (κ1) is 20.2. The molecule has 0 unspecified atom stereocenters. The number of anilines is 2. The van der Waals surface area contributed by atoms with Gasteiger partial charge in [-0.2, -0.15) is 0 Å². The minimum absolute atomic E-state index is 0.0510. The number of rotatable bonds is 6. The molecule has 0 atom stereocenters. The molecule has 0 bridgehead atoms. The van der Waals surface area contributed by atoms with E-state index < -0.39 is 16.0 Å². The fourth-order valence-electron chi connectivity index (χ4n) is 3.37. The number of aromatic carboxylic acids is 1. The Morgan fingerprint density at radius 2 is 1.79 bits per heavy atom. The van der Waals surface area contributed by atoms with Gasteiger partial charge >= 0.3 is 5.97 Å². The van der Waals surface area contributed by atoms with Gasteiger partial charge in [0.05, 0.1) is 16.1 Å². The van der Waals surface area contributed by atoms with Gasteiger partial charge in [-0.15, -0.1) is 0 Å². The van der Waals surface area contributed by atoms with E-state index in [1.54, 1.807) is 24.3 Å². The number of carboxylic acids is 1. The van der Waals surface area contributed by atoms with Gasteiger partial charge in [-0.25, -0.2) is 13.2 Å². The molecule has 6 nitrogen and oxygen atoms in total. The first-order valence-electron chi connectivity index (χ1n) is 9.54. The predicted molar refractivity (Wildman–Crippen MR) is 111 cm³/mol. The zero-order chi connectivity index (χ0) is 20.3. The van der Waals surface area contributed by atoms with E-state index in [1.165, 1.54) is 18.2 Å². The highest BCUT2D eigenvalue weighted by Crippen LogP contribution is 2.28. The van der Waals surface area contributed by atoms with Crippen LogP contribution in [0.1, 0.15) is 42.6 Å². The van der Waals surface area contributed by atoms with Crippen molar-refractivity contribution in [3.05, 3.63) is 53.6 Å². The Morgan fingerprint density at radius 3 is 2.36 bits per heavy atom. The Kier molecular flexibility index (Phi) is 5.93. The number of benzene rings is 2. The highest BCUT2D eigenvalue weighted by atomic mass is 32.2. The lowest BCUT2D eigenvalue weighted by atomic mass is 9.98. The number of hydrogen-bond donors (Lipinski definition) is 2. The van der Waals surface area contributed by atoms with Gasteiger partial charge in [0.2, 0.25) is 0 Å². The molecule has 7 heteroatoms. The molecule has 0 aromatic heterocycles. The monoisotopic (exact) mass is 402 g/mol. The molecule has 3 rings (SSSR count). The molecule has 0 radical (unpaired) electrons. The van der Waals surface area contributed by atoms with Crippen LogP contribution in [0, 0.1) is 5.92 Å². The first-order valence-corrected chi connectivity index (χ1v) is 11.0. The van der Waals surface area contributed by atoms with Gasteiger partial charge in [0.25, 0.3) is 10.0 Å². The SMILES string of the molecule is CCc1ccc(S(=O)(=O)Nc2ccc(N3CCC(C)CC3)cc2C(=O)O)cc1. The topological polar surface area (TPSA) is 86.7 Å². The quantitative estimate of drug-likeness (QED) is 0.763. The number of nitrogens with one attached hydrogen (secondary N) is 1. The standard InChI is InChI=1S/C21H26N2O4S/c1-3-16-4-7-18(8-5-16)28(26,27)22-20-9-6-17(14-19(20)21(24)25)23-12-10-15(2)11-13-23/h4-9,14-15,22H,3,10-13H2,1-2H3,(H,24,25). The molecular formula is C21H26N2O4S. The molecule has 0 amide bonds. The zero-order valence-corrected chi connectivity index (χ0v) is 17.0. The average molecular weight is 403 g/mol. The molecule has 1 aliphatic heterocycles. The molecule has 0 saturated carbocycles. The second-order valence-electron chi connectivity index (χ2n) is 7.31. The fourth-order valence-corrected chi connectivity index (χ4v) is 4.45. The average Bonchev–Trinajstić information content (AvgIpc) is 2.68. The number of carboxylic acid groups (broad SMARTS) is 1. The summed E-state index contributed by atoms with van der Waals surface area (Å²) >= 11 is 0.